The number of ether oxygens (including phenoxy) is 1. The van der Waals surface area contributed by atoms with Crippen LogP contribution in [0.3, 0.4) is 0 Å². The third kappa shape index (κ3) is 3.38. The smallest absolute Gasteiger partial charge is 0.255 e. The number of aromatic hydroxyl groups is 1. The number of nitrogens with zero attached hydrogens (tertiary/aromatic N) is 1. The first kappa shape index (κ1) is 12.8. The van der Waals surface area contributed by atoms with Gasteiger partial charge in [0.25, 0.3) is 5.91 Å². The molecule has 0 bridgehead atoms. The molecule has 5 heteroatoms. The Labute approximate surface area is 99.6 Å². The SMILES string of the molecule is COc1ccc(O)c(C(=O)NC(C)CC#N)c1. The Kier molecular flexibility index (Phi) is 4.35. The van der Waals surface area contributed by atoms with E-state index in [-0.39, 0.29) is 23.8 Å². The monoisotopic (exact) mass is 234 g/mol. The number of phenols is 1. The lowest BCUT2D eigenvalue weighted by Crippen LogP contribution is -2.32. The minimum atomic E-state index is -0.427. The summed E-state index contributed by atoms with van der Waals surface area (Å²) in [5.74, 6) is -0.0579. The molecule has 1 amide bonds. The number of nitrogens with one attached hydrogen (secondary N) is 1. The number of benzene rings is 1. The average molecular weight is 234 g/mol. The van der Waals surface area contributed by atoms with Gasteiger partial charge in [-0.2, -0.15) is 5.26 Å². The van der Waals surface area contributed by atoms with Crippen molar-refractivity contribution in [3.63, 3.8) is 0 Å². The Bertz CT molecular complexity index is 452. The second-order valence-corrected chi connectivity index (χ2v) is 3.62. The molecule has 0 aliphatic carbocycles. The number of methoxy groups -OCH3 is 1. The fraction of sp³-hybridized carbons (Fsp3) is 0.333. The summed E-state index contributed by atoms with van der Waals surface area (Å²) in [6.07, 6.45) is 0.219. The van der Waals surface area contributed by atoms with E-state index in [1.54, 1.807) is 13.0 Å². The van der Waals surface area contributed by atoms with Crippen molar-refractivity contribution in [2.24, 2.45) is 0 Å². The molecule has 0 saturated carbocycles. The van der Waals surface area contributed by atoms with Crippen LogP contribution < -0.4 is 10.1 Å². The molecule has 1 rings (SSSR count). The number of amides is 1. The van der Waals surface area contributed by atoms with Crippen LogP contribution in [0.2, 0.25) is 0 Å². The van der Waals surface area contributed by atoms with E-state index in [1.807, 2.05) is 6.07 Å². The van der Waals surface area contributed by atoms with Gasteiger partial charge in [-0.3, -0.25) is 4.79 Å². The summed E-state index contributed by atoms with van der Waals surface area (Å²) in [7, 11) is 1.48. The van der Waals surface area contributed by atoms with Gasteiger partial charge < -0.3 is 15.2 Å². The molecule has 0 aliphatic rings. The predicted octanol–water partition coefficient (Wildman–Crippen LogP) is 1.43. The average Bonchev–Trinajstić information content (AvgIpc) is 2.29. The van der Waals surface area contributed by atoms with Crippen LogP contribution >= 0.6 is 0 Å². The normalized spacial score (nSPS) is 11.4. The highest BCUT2D eigenvalue weighted by Crippen LogP contribution is 2.22. The lowest BCUT2D eigenvalue weighted by molar-refractivity contribution is 0.0938. The maximum absolute atomic E-state index is 11.8. The van der Waals surface area contributed by atoms with Crippen molar-refractivity contribution in [2.75, 3.05) is 7.11 Å². The number of phenolic OH excluding ortho intramolecular Hbond substituents is 1. The van der Waals surface area contributed by atoms with Crippen LogP contribution in [-0.4, -0.2) is 24.2 Å². The van der Waals surface area contributed by atoms with Gasteiger partial charge in [0.05, 0.1) is 25.2 Å². The van der Waals surface area contributed by atoms with Gasteiger partial charge in [0.15, 0.2) is 0 Å². The number of carbonyl (C=O) groups is 1. The number of carbonyl (C=O) groups excluding carboxylic acids is 1. The molecule has 17 heavy (non-hydrogen) atoms. The van der Waals surface area contributed by atoms with Gasteiger partial charge in [-0.1, -0.05) is 0 Å². The Morgan fingerprint density at radius 3 is 2.94 bits per heavy atom. The van der Waals surface area contributed by atoms with Crippen molar-refractivity contribution in [1.29, 1.82) is 5.26 Å². The molecule has 0 saturated heterocycles. The van der Waals surface area contributed by atoms with Crippen LogP contribution in [0.15, 0.2) is 18.2 Å². The summed E-state index contributed by atoms with van der Waals surface area (Å²) in [4.78, 5) is 11.8. The van der Waals surface area contributed by atoms with E-state index in [0.717, 1.165) is 0 Å². The summed E-state index contributed by atoms with van der Waals surface area (Å²) in [5, 5.41) is 20.7. The van der Waals surface area contributed by atoms with E-state index in [2.05, 4.69) is 5.32 Å². The van der Waals surface area contributed by atoms with E-state index in [9.17, 15) is 9.90 Å². The largest absolute Gasteiger partial charge is 0.507 e. The van der Waals surface area contributed by atoms with E-state index in [4.69, 9.17) is 10.00 Å². The van der Waals surface area contributed by atoms with E-state index >= 15 is 0 Å². The van der Waals surface area contributed by atoms with Gasteiger partial charge in [0.1, 0.15) is 11.5 Å². The molecule has 0 spiro atoms. The van der Waals surface area contributed by atoms with Crippen LogP contribution in [-0.2, 0) is 0 Å². The van der Waals surface area contributed by atoms with Crippen molar-refractivity contribution in [3.05, 3.63) is 23.8 Å². The fourth-order valence-corrected chi connectivity index (χ4v) is 1.31. The van der Waals surface area contributed by atoms with Crippen molar-refractivity contribution in [1.82, 2.24) is 5.32 Å². The number of hydrogen-bond donors (Lipinski definition) is 2. The summed E-state index contributed by atoms with van der Waals surface area (Å²) < 4.78 is 4.97. The predicted molar refractivity (Wildman–Crippen MR) is 61.8 cm³/mol. The van der Waals surface area contributed by atoms with Gasteiger partial charge in [0.2, 0.25) is 0 Å². The lowest BCUT2D eigenvalue weighted by Gasteiger charge is -2.12. The zero-order valence-electron chi connectivity index (χ0n) is 9.73. The fourth-order valence-electron chi connectivity index (χ4n) is 1.31. The third-order valence-corrected chi connectivity index (χ3v) is 2.22. The quantitative estimate of drug-likeness (QED) is 0.825. The summed E-state index contributed by atoms with van der Waals surface area (Å²) in [6.45, 7) is 1.72. The highest BCUT2D eigenvalue weighted by molar-refractivity contribution is 5.97. The van der Waals surface area contributed by atoms with Crippen LogP contribution in [0.4, 0.5) is 0 Å². The van der Waals surface area contributed by atoms with Crippen molar-refractivity contribution >= 4 is 5.91 Å². The zero-order valence-corrected chi connectivity index (χ0v) is 9.73. The third-order valence-electron chi connectivity index (χ3n) is 2.22. The second kappa shape index (κ2) is 5.75. The minimum absolute atomic E-state index is 0.118. The molecular formula is C12H14N2O3. The maximum atomic E-state index is 11.8. The molecule has 1 aromatic rings. The summed E-state index contributed by atoms with van der Waals surface area (Å²) in [6, 6.07) is 6.09. The molecule has 5 nitrogen and oxygen atoms in total. The molecule has 1 aromatic carbocycles. The van der Waals surface area contributed by atoms with Crippen molar-refractivity contribution < 1.29 is 14.6 Å². The Morgan fingerprint density at radius 1 is 1.65 bits per heavy atom. The van der Waals surface area contributed by atoms with E-state index < -0.39 is 5.91 Å². The summed E-state index contributed by atoms with van der Waals surface area (Å²) >= 11 is 0. The molecule has 0 aromatic heterocycles. The van der Waals surface area contributed by atoms with Gasteiger partial charge in [0, 0.05) is 6.04 Å². The summed E-state index contributed by atoms with van der Waals surface area (Å²) in [5.41, 5.74) is 0.133. The van der Waals surface area contributed by atoms with Crippen LogP contribution in [0.1, 0.15) is 23.7 Å². The molecule has 1 unspecified atom stereocenters. The highest BCUT2D eigenvalue weighted by atomic mass is 16.5. The number of nitriles is 1. The first-order valence-electron chi connectivity index (χ1n) is 5.13. The van der Waals surface area contributed by atoms with Crippen LogP contribution in [0.25, 0.3) is 0 Å². The van der Waals surface area contributed by atoms with E-state index in [0.29, 0.717) is 5.75 Å². The van der Waals surface area contributed by atoms with E-state index in [1.165, 1.54) is 19.2 Å². The van der Waals surface area contributed by atoms with Crippen LogP contribution in [0, 0.1) is 11.3 Å². The number of hydrogen-bond acceptors (Lipinski definition) is 4. The van der Waals surface area contributed by atoms with Gasteiger partial charge in [-0.05, 0) is 25.1 Å². The molecule has 0 fully saturated rings. The molecular weight excluding hydrogens is 220 g/mol. The highest BCUT2D eigenvalue weighted by Gasteiger charge is 2.14. The first-order valence-corrected chi connectivity index (χ1v) is 5.13. The standard InChI is InChI=1S/C12H14N2O3/c1-8(5-6-13)14-12(16)10-7-9(17-2)3-4-11(10)15/h3-4,7-8,15H,5H2,1-2H3,(H,14,16). The maximum Gasteiger partial charge on any atom is 0.255 e. The van der Waals surface area contributed by atoms with Gasteiger partial charge in [-0.15, -0.1) is 0 Å². The van der Waals surface area contributed by atoms with Crippen molar-refractivity contribution in [2.45, 2.75) is 19.4 Å². The van der Waals surface area contributed by atoms with Gasteiger partial charge >= 0.3 is 0 Å². The van der Waals surface area contributed by atoms with Gasteiger partial charge in [-0.25, -0.2) is 0 Å². The minimum Gasteiger partial charge on any atom is -0.507 e. The zero-order chi connectivity index (χ0) is 12.8. The van der Waals surface area contributed by atoms with Crippen LogP contribution in [0.5, 0.6) is 11.5 Å². The molecule has 2 N–H and O–H groups in total. The lowest BCUT2D eigenvalue weighted by atomic mass is 10.1. The molecule has 1 atom stereocenters. The molecule has 0 radical (unpaired) electrons. The molecule has 90 valence electrons. The Hall–Kier alpha value is -2.22. The second-order valence-electron chi connectivity index (χ2n) is 3.62. The topological polar surface area (TPSA) is 82.3 Å². The molecule has 0 aliphatic heterocycles. The Morgan fingerprint density at radius 2 is 2.35 bits per heavy atom. The Balaban J connectivity index is 2.85. The number of rotatable bonds is 4. The first-order chi connectivity index (χ1) is 8.08. The van der Waals surface area contributed by atoms with Crippen molar-refractivity contribution in [3.8, 4) is 17.6 Å². The molecule has 0 heterocycles.